The molecule has 0 aliphatic heterocycles. The van der Waals surface area contributed by atoms with Gasteiger partial charge in [0.05, 0.1) is 12.3 Å². The number of carboxylic acids is 2. The summed E-state index contributed by atoms with van der Waals surface area (Å²) in [6.45, 7) is 0. The fraction of sp³-hybridized carbons (Fsp3) is 0.750. The smallest absolute Gasteiger partial charge is 0.311 e. The van der Waals surface area contributed by atoms with E-state index in [1.54, 1.807) is 0 Å². The molecule has 0 radical (unpaired) electrons. The zero-order valence-electron chi connectivity index (χ0n) is 12.1. The lowest BCUT2D eigenvalue weighted by molar-refractivity contribution is -0.147. The Hall–Kier alpha value is -1.32. The molecule has 1 rings (SSSR count). The number of hydrogen-bond donors (Lipinski definition) is 2. The van der Waals surface area contributed by atoms with Gasteiger partial charge in [-0.15, -0.1) is 0 Å². The van der Waals surface area contributed by atoms with Crippen molar-refractivity contribution in [2.75, 3.05) is 0 Å². The molecule has 4 heteroatoms. The summed E-state index contributed by atoms with van der Waals surface area (Å²) < 4.78 is 0. The molecule has 0 heterocycles. The predicted molar refractivity (Wildman–Crippen MR) is 77.6 cm³/mol. The Bertz CT molecular complexity index is 346. The second-order valence-corrected chi connectivity index (χ2v) is 5.63. The summed E-state index contributed by atoms with van der Waals surface area (Å²) in [4.78, 5) is 22.1. The lowest BCUT2D eigenvalue weighted by Crippen LogP contribution is -2.20. The van der Waals surface area contributed by atoms with Crippen LogP contribution in [-0.4, -0.2) is 22.2 Å². The molecular weight excluding hydrogens is 256 g/mol. The van der Waals surface area contributed by atoms with E-state index < -0.39 is 17.9 Å². The van der Waals surface area contributed by atoms with Crippen molar-refractivity contribution in [3.05, 3.63) is 11.6 Å². The van der Waals surface area contributed by atoms with Crippen molar-refractivity contribution in [3.8, 4) is 0 Å². The number of rotatable bonds is 4. The van der Waals surface area contributed by atoms with E-state index in [0.29, 0.717) is 0 Å². The molecule has 0 amide bonds. The van der Waals surface area contributed by atoms with Crippen LogP contribution in [0.2, 0.25) is 0 Å². The Kier molecular flexibility index (Phi) is 8.00. The average Bonchev–Trinajstić information content (AvgIpc) is 2.36. The van der Waals surface area contributed by atoms with Gasteiger partial charge in [0.25, 0.3) is 0 Å². The van der Waals surface area contributed by atoms with E-state index in [1.807, 2.05) is 6.08 Å². The molecule has 0 saturated heterocycles. The molecule has 0 saturated carbocycles. The fourth-order valence-electron chi connectivity index (χ4n) is 2.79. The first kappa shape index (κ1) is 16.7. The van der Waals surface area contributed by atoms with Crippen LogP contribution in [0.4, 0.5) is 0 Å². The zero-order chi connectivity index (χ0) is 14.8. The van der Waals surface area contributed by atoms with Crippen molar-refractivity contribution in [1.82, 2.24) is 0 Å². The van der Waals surface area contributed by atoms with E-state index >= 15 is 0 Å². The Morgan fingerprint density at radius 3 is 2.05 bits per heavy atom. The van der Waals surface area contributed by atoms with Gasteiger partial charge in [0.2, 0.25) is 0 Å². The minimum Gasteiger partial charge on any atom is -0.481 e. The van der Waals surface area contributed by atoms with Crippen molar-refractivity contribution < 1.29 is 19.8 Å². The first-order valence-electron chi connectivity index (χ1n) is 7.75. The summed E-state index contributed by atoms with van der Waals surface area (Å²) >= 11 is 0. The highest BCUT2D eigenvalue weighted by Gasteiger charge is 2.24. The maximum absolute atomic E-state index is 11.3. The number of carboxylic acid groups (broad SMARTS) is 2. The number of allylic oxidation sites excluding steroid dienone is 1. The summed E-state index contributed by atoms with van der Waals surface area (Å²) in [6, 6.07) is 0. The topological polar surface area (TPSA) is 74.6 Å². The summed E-state index contributed by atoms with van der Waals surface area (Å²) in [7, 11) is 0. The van der Waals surface area contributed by atoms with Crippen molar-refractivity contribution in [2.45, 2.75) is 70.6 Å². The van der Waals surface area contributed by atoms with E-state index in [9.17, 15) is 14.7 Å². The standard InChI is InChI=1S/C16H26O4/c17-15(18)12-14(16(19)20)13-10-8-6-4-2-1-3-5-7-9-11-13/h10,14H,1-9,11-12H2,(H,17,18)(H,19,20). The van der Waals surface area contributed by atoms with Gasteiger partial charge in [-0.2, -0.15) is 0 Å². The minimum atomic E-state index is -1.04. The van der Waals surface area contributed by atoms with E-state index in [1.165, 1.54) is 32.1 Å². The molecule has 1 aliphatic rings. The van der Waals surface area contributed by atoms with Crippen molar-refractivity contribution >= 4 is 11.9 Å². The molecule has 2 N–H and O–H groups in total. The zero-order valence-corrected chi connectivity index (χ0v) is 12.1. The number of aliphatic carboxylic acids is 2. The summed E-state index contributed by atoms with van der Waals surface area (Å²) in [5.74, 6) is -2.90. The Balaban J connectivity index is 2.71. The van der Waals surface area contributed by atoms with Crippen LogP contribution in [0.3, 0.4) is 0 Å². The molecule has 4 nitrogen and oxygen atoms in total. The highest BCUT2D eigenvalue weighted by atomic mass is 16.4. The van der Waals surface area contributed by atoms with E-state index in [2.05, 4.69) is 0 Å². The SMILES string of the molecule is O=C(O)CC(C(=O)O)C1=CCCCCCCCCCC1. The second-order valence-electron chi connectivity index (χ2n) is 5.63. The normalized spacial score (nSPS) is 20.1. The van der Waals surface area contributed by atoms with Crippen LogP contribution in [-0.2, 0) is 9.59 Å². The molecular formula is C16H26O4. The summed E-state index contributed by atoms with van der Waals surface area (Å²) in [5.41, 5.74) is 0.820. The van der Waals surface area contributed by atoms with Crippen LogP contribution in [0.1, 0.15) is 70.6 Å². The molecule has 1 unspecified atom stereocenters. The van der Waals surface area contributed by atoms with Crippen LogP contribution in [0.25, 0.3) is 0 Å². The number of hydrogen-bond acceptors (Lipinski definition) is 2. The molecule has 1 aliphatic carbocycles. The van der Waals surface area contributed by atoms with Crippen LogP contribution in [0, 0.1) is 5.92 Å². The molecule has 1 atom stereocenters. The molecule has 0 fully saturated rings. The largest absolute Gasteiger partial charge is 0.481 e. The quantitative estimate of drug-likeness (QED) is 0.764. The molecule has 114 valence electrons. The van der Waals surface area contributed by atoms with Gasteiger partial charge in [-0.3, -0.25) is 9.59 Å². The first-order chi connectivity index (χ1) is 9.61. The summed E-state index contributed by atoms with van der Waals surface area (Å²) in [5, 5.41) is 18.1. The number of carbonyl (C=O) groups is 2. The maximum Gasteiger partial charge on any atom is 0.311 e. The minimum absolute atomic E-state index is 0.304. The third kappa shape index (κ3) is 6.73. The maximum atomic E-state index is 11.3. The molecule has 0 aromatic carbocycles. The van der Waals surface area contributed by atoms with Crippen LogP contribution < -0.4 is 0 Å². The monoisotopic (exact) mass is 282 g/mol. The molecule has 0 aromatic rings. The van der Waals surface area contributed by atoms with Gasteiger partial charge in [-0.25, -0.2) is 0 Å². The first-order valence-corrected chi connectivity index (χ1v) is 7.75. The van der Waals surface area contributed by atoms with Crippen LogP contribution >= 0.6 is 0 Å². The molecule has 0 aromatic heterocycles. The summed E-state index contributed by atoms with van der Waals surface area (Å²) in [6.07, 6.45) is 12.6. The van der Waals surface area contributed by atoms with E-state index in [0.717, 1.165) is 37.7 Å². The average molecular weight is 282 g/mol. The van der Waals surface area contributed by atoms with Crippen LogP contribution in [0.15, 0.2) is 11.6 Å². The van der Waals surface area contributed by atoms with Gasteiger partial charge in [0.1, 0.15) is 0 Å². The van der Waals surface area contributed by atoms with Crippen molar-refractivity contribution in [2.24, 2.45) is 5.92 Å². The van der Waals surface area contributed by atoms with Gasteiger partial charge in [-0.05, 0) is 25.7 Å². The Labute approximate surface area is 120 Å². The van der Waals surface area contributed by atoms with Crippen molar-refractivity contribution in [1.29, 1.82) is 0 Å². The second kappa shape index (κ2) is 9.56. The Morgan fingerprint density at radius 2 is 1.50 bits per heavy atom. The third-order valence-corrected chi connectivity index (χ3v) is 3.95. The molecule has 0 bridgehead atoms. The third-order valence-electron chi connectivity index (χ3n) is 3.95. The fourth-order valence-corrected chi connectivity index (χ4v) is 2.79. The Morgan fingerprint density at radius 1 is 0.950 bits per heavy atom. The van der Waals surface area contributed by atoms with Gasteiger partial charge < -0.3 is 10.2 Å². The van der Waals surface area contributed by atoms with Crippen molar-refractivity contribution in [3.63, 3.8) is 0 Å². The highest BCUT2D eigenvalue weighted by Crippen LogP contribution is 2.24. The molecule has 20 heavy (non-hydrogen) atoms. The van der Waals surface area contributed by atoms with E-state index in [-0.39, 0.29) is 6.42 Å². The lowest BCUT2D eigenvalue weighted by atomic mass is 9.89. The van der Waals surface area contributed by atoms with Gasteiger partial charge in [0, 0.05) is 0 Å². The highest BCUT2D eigenvalue weighted by molar-refractivity contribution is 5.80. The predicted octanol–water partition coefficient (Wildman–Crippen LogP) is 4.00. The molecule has 0 spiro atoms. The van der Waals surface area contributed by atoms with Gasteiger partial charge in [0.15, 0.2) is 0 Å². The van der Waals surface area contributed by atoms with Crippen LogP contribution in [0.5, 0.6) is 0 Å². The lowest BCUT2D eigenvalue weighted by Gasteiger charge is -2.16. The van der Waals surface area contributed by atoms with Gasteiger partial charge in [-0.1, -0.05) is 50.2 Å². The van der Waals surface area contributed by atoms with Gasteiger partial charge >= 0.3 is 11.9 Å². The van der Waals surface area contributed by atoms with E-state index in [4.69, 9.17) is 5.11 Å².